The first-order valence-corrected chi connectivity index (χ1v) is 4.86. The lowest BCUT2D eigenvalue weighted by Crippen LogP contribution is -2.11. The average molecular weight is 221 g/mol. The quantitative estimate of drug-likeness (QED) is 0.802. The number of benzene rings is 1. The van der Waals surface area contributed by atoms with Gasteiger partial charge in [0.2, 0.25) is 0 Å². The predicted molar refractivity (Wildman–Crippen MR) is 60.0 cm³/mol. The van der Waals surface area contributed by atoms with E-state index in [1.54, 1.807) is 37.4 Å². The van der Waals surface area contributed by atoms with Crippen LogP contribution in [-0.4, -0.2) is 9.97 Å². The highest BCUT2D eigenvalue weighted by Gasteiger charge is 2.04. The van der Waals surface area contributed by atoms with Gasteiger partial charge in [-0.05, 0) is 19.1 Å². The Morgan fingerprint density at radius 1 is 1.27 bits per heavy atom. The summed E-state index contributed by atoms with van der Waals surface area (Å²) in [6.07, 6.45) is 1.63. The summed E-state index contributed by atoms with van der Waals surface area (Å²) in [7, 11) is 0. The summed E-state index contributed by atoms with van der Waals surface area (Å²) in [4.78, 5) is 18.4. The molecule has 2 rings (SSSR count). The lowest BCUT2D eigenvalue weighted by Gasteiger charge is -2.00. The number of aromatic nitrogens is 2. The summed E-state index contributed by atoms with van der Waals surface area (Å²) in [5, 5.41) is 0.641. The molecule has 1 aromatic heterocycles. The summed E-state index contributed by atoms with van der Waals surface area (Å²) in [6.45, 7) is 1.79. The lowest BCUT2D eigenvalue weighted by atomic mass is 10.1. The van der Waals surface area contributed by atoms with Gasteiger partial charge in [-0.1, -0.05) is 23.7 Å². The van der Waals surface area contributed by atoms with Crippen LogP contribution in [0.1, 0.15) is 5.69 Å². The molecule has 0 saturated carbocycles. The largest absolute Gasteiger partial charge is 0.323 e. The third-order valence-corrected chi connectivity index (χ3v) is 2.28. The van der Waals surface area contributed by atoms with Crippen molar-refractivity contribution < 1.29 is 0 Å². The Labute approximate surface area is 91.8 Å². The highest BCUT2D eigenvalue weighted by atomic mass is 35.5. The molecule has 0 aliphatic carbocycles. The van der Waals surface area contributed by atoms with Gasteiger partial charge in [-0.2, -0.15) is 0 Å². The Kier molecular flexibility index (Phi) is 2.56. The molecule has 15 heavy (non-hydrogen) atoms. The SMILES string of the molecule is Cc1cnc(-c2ccc(Cl)cc2)c(=O)[nH]1. The molecule has 0 saturated heterocycles. The smallest absolute Gasteiger partial charge is 0.274 e. The highest BCUT2D eigenvalue weighted by molar-refractivity contribution is 6.30. The zero-order valence-corrected chi connectivity index (χ0v) is 8.88. The third-order valence-electron chi connectivity index (χ3n) is 2.03. The van der Waals surface area contributed by atoms with Gasteiger partial charge in [-0.25, -0.2) is 4.98 Å². The van der Waals surface area contributed by atoms with Crippen molar-refractivity contribution in [3.05, 3.63) is 51.5 Å². The van der Waals surface area contributed by atoms with Gasteiger partial charge in [0.05, 0.1) is 0 Å². The van der Waals surface area contributed by atoms with Crippen molar-refractivity contribution in [1.29, 1.82) is 0 Å². The summed E-state index contributed by atoms with van der Waals surface area (Å²) in [5.41, 5.74) is 1.74. The number of aromatic amines is 1. The van der Waals surface area contributed by atoms with E-state index in [1.807, 2.05) is 0 Å². The number of hydrogen-bond donors (Lipinski definition) is 1. The Balaban J connectivity index is 2.55. The molecule has 0 unspecified atom stereocenters. The number of hydrogen-bond acceptors (Lipinski definition) is 2. The number of halogens is 1. The Morgan fingerprint density at radius 2 is 1.93 bits per heavy atom. The summed E-state index contributed by atoms with van der Waals surface area (Å²) in [6, 6.07) is 7.01. The van der Waals surface area contributed by atoms with Gasteiger partial charge in [0.15, 0.2) is 0 Å². The van der Waals surface area contributed by atoms with E-state index < -0.39 is 0 Å². The van der Waals surface area contributed by atoms with Crippen molar-refractivity contribution in [2.45, 2.75) is 6.92 Å². The molecule has 0 aliphatic rings. The Morgan fingerprint density at radius 3 is 2.53 bits per heavy atom. The van der Waals surface area contributed by atoms with Crippen molar-refractivity contribution >= 4 is 11.6 Å². The topological polar surface area (TPSA) is 45.8 Å². The molecule has 4 heteroatoms. The fourth-order valence-corrected chi connectivity index (χ4v) is 1.43. The second kappa shape index (κ2) is 3.87. The van der Waals surface area contributed by atoms with Crippen LogP contribution in [0.15, 0.2) is 35.3 Å². The van der Waals surface area contributed by atoms with Gasteiger partial charge in [-0.3, -0.25) is 4.79 Å². The minimum Gasteiger partial charge on any atom is -0.323 e. The number of nitrogens with zero attached hydrogens (tertiary/aromatic N) is 1. The third kappa shape index (κ3) is 2.07. The maximum absolute atomic E-state index is 11.6. The van der Waals surface area contributed by atoms with E-state index in [2.05, 4.69) is 9.97 Å². The van der Waals surface area contributed by atoms with Gasteiger partial charge in [0.1, 0.15) is 5.69 Å². The second-order valence-electron chi connectivity index (χ2n) is 3.25. The lowest BCUT2D eigenvalue weighted by molar-refractivity contribution is 1.07. The number of H-pyrrole nitrogens is 1. The standard InChI is InChI=1S/C11H9ClN2O/c1-7-6-13-10(11(15)14-7)8-2-4-9(12)5-3-8/h2-6H,1H3,(H,14,15). The molecule has 0 amide bonds. The first-order chi connectivity index (χ1) is 7.16. The van der Waals surface area contributed by atoms with Crippen molar-refractivity contribution in [2.24, 2.45) is 0 Å². The molecule has 1 N–H and O–H groups in total. The van der Waals surface area contributed by atoms with E-state index in [4.69, 9.17) is 11.6 Å². The number of nitrogens with one attached hydrogen (secondary N) is 1. The van der Waals surface area contributed by atoms with Crippen LogP contribution in [0.2, 0.25) is 5.02 Å². The van der Waals surface area contributed by atoms with Crippen molar-refractivity contribution in [3.63, 3.8) is 0 Å². The van der Waals surface area contributed by atoms with Crippen LogP contribution in [0.25, 0.3) is 11.3 Å². The van der Waals surface area contributed by atoms with E-state index in [-0.39, 0.29) is 5.56 Å². The number of rotatable bonds is 1. The van der Waals surface area contributed by atoms with Crippen LogP contribution < -0.4 is 5.56 Å². The predicted octanol–water partition coefficient (Wildman–Crippen LogP) is 2.40. The summed E-state index contributed by atoms with van der Waals surface area (Å²) >= 11 is 5.76. The molecule has 0 aliphatic heterocycles. The zero-order valence-electron chi connectivity index (χ0n) is 8.12. The van der Waals surface area contributed by atoms with E-state index in [9.17, 15) is 4.79 Å². The fraction of sp³-hybridized carbons (Fsp3) is 0.0909. The van der Waals surface area contributed by atoms with Gasteiger partial charge in [0.25, 0.3) is 5.56 Å². The molecular weight excluding hydrogens is 212 g/mol. The van der Waals surface area contributed by atoms with Crippen LogP contribution in [0.4, 0.5) is 0 Å². The summed E-state index contributed by atoms with van der Waals surface area (Å²) in [5.74, 6) is 0. The Bertz CT molecular complexity index is 531. The molecule has 0 radical (unpaired) electrons. The van der Waals surface area contributed by atoms with Gasteiger partial charge < -0.3 is 4.98 Å². The molecular formula is C11H9ClN2O. The van der Waals surface area contributed by atoms with E-state index in [0.717, 1.165) is 11.3 Å². The molecule has 0 atom stereocenters. The fourth-order valence-electron chi connectivity index (χ4n) is 1.30. The minimum absolute atomic E-state index is 0.183. The monoisotopic (exact) mass is 220 g/mol. The Hall–Kier alpha value is -1.61. The molecule has 2 aromatic rings. The molecule has 0 bridgehead atoms. The van der Waals surface area contributed by atoms with Crippen LogP contribution in [-0.2, 0) is 0 Å². The van der Waals surface area contributed by atoms with Crippen LogP contribution in [0.5, 0.6) is 0 Å². The molecule has 3 nitrogen and oxygen atoms in total. The molecule has 1 heterocycles. The first kappa shape index (κ1) is 9.93. The normalized spacial score (nSPS) is 10.3. The minimum atomic E-state index is -0.183. The molecule has 76 valence electrons. The maximum atomic E-state index is 11.6. The number of aryl methyl sites for hydroxylation is 1. The van der Waals surface area contributed by atoms with Gasteiger partial charge in [0, 0.05) is 22.5 Å². The van der Waals surface area contributed by atoms with E-state index in [1.165, 1.54) is 0 Å². The summed E-state index contributed by atoms with van der Waals surface area (Å²) < 4.78 is 0. The molecule has 0 fully saturated rings. The van der Waals surface area contributed by atoms with E-state index >= 15 is 0 Å². The first-order valence-electron chi connectivity index (χ1n) is 4.48. The zero-order chi connectivity index (χ0) is 10.8. The van der Waals surface area contributed by atoms with Crippen LogP contribution in [0, 0.1) is 6.92 Å². The molecule has 0 spiro atoms. The van der Waals surface area contributed by atoms with Crippen molar-refractivity contribution in [2.75, 3.05) is 0 Å². The maximum Gasteiger partial charge on any atom is 0.274 e. The average Bonchev–Trinajstić information content (AvgIpc) is 2.20. The highest BCUT2D eigenvalue weighted by Crippen LogP contribution is 2.16. The van der Waals surface area contributed by atoms with Crippen molar-refractivity contribution in [1.82, 2.24) is 9.97 Å². The van der Waals surface area contributed by atoms with Crippen LogP contribution in [0.3, 0.4) is 0 Å². The van der Waals surface area contributed by atoms with Gasteiger partial charge in [-0.15, -0.1) is 0 Å². The van der Waals surface area contributed by atoms with E-state index in [0.29, 0.717) is 10.7 Å². The van der Waals surface area contributed by atoms with Gasteiger partial charge >= 0.3 is 0 Å². The molecule has 1 aromatic carbocycles. The van der Waals surface area contributed by atoms with Crippen molar-refractivity contribution in [3.8, 4) is 11.3 Å². The van der Waals surface area contributed by atoms with Crippen LogP contribution >= 0.6 is 11.6 Å². The second-order valence-corrected chi connectivity index (χ2v) is 3.69.